The van der Waals surface area contributed by atoms with Crippen LogP contribution in [0.5, 0.6) is 0 Å². The Labute approximate surface area is 153 Å². The monoisotopic (exact) mass is 336 g/mol. The van der Waals surface area contributed by atoms with Crippen LogP contribution in [0.1, 0.15) is 44.1 Å². The van der Waals surface area contributed by atoms with Crippen LogP contribution in [0.3, 0.4) is 0 Å². The van der Waals surface area contributed by atoms with Gasteiger partial charge in [0.25, 0.3) is 0 Å². The number of allylic oxidation sites excluding steroid dienone is 5. The van der Waals surface area contributed by atoms with Gasteiger partial charge in [0.15, 0.2) is 0 Å². The molecule has 1 aromatic rings. The van der Waals surface area contributed by atoms with Gasteiger partial charge < -0.3 is 4.90 Å². The van der Waals surface area contributed by atoms with Crippen molar-refractivity contribution in [3.63, 3.8) is 0 Å². The molecule has 0 atom stereocenters. The molecule has 1 aliphatic carbocycles. The van der Waals surface area contributed by atoms with E-state index in [2.05, 4.69) is 65.8 Å². The summed E-state index contributed by atoms with van der Waals surface area (Å²) in [6.45, 7) is 10.7. The van der Waals surface area contributed by atoms with Crippen molar-refractivity contribution in [2.75, 3.05) is 26.2 Å². The molecule has 0 aromatic heterocycles. The largest absolute Gasteiger partial charge is 0.372 e. The third kappa shape index (κ3) is 4.85. The molecular weight excluding hydrogens is 304 g/mol. The van der Waals surface area contributed by atoms with E-state index in [0.29, 0.717) is 0 Å². The van der Waals surface area contributed by atoms with Crippen LogP contribution in [0.2, 0.25) is 0 Å². The molecule has 0 amide bonds. The highest BCUT2D eigenvalue weighted by Crippen LogP contribution is 2.35. The standard InChI is InChI=1S/C23H32N2/c1-3-4-6-9-20(2)24-16-18-25(19-17-24)23-14-12-22(13-15-23)21-10-7-5-8-11-21/h3-11,22-23H,1,12-19H2,2H3/b6-4-,20-9+. The number of hydrogen-bond donors (Lipinski definition) is 0. The maximum absolute atomic E-state index is 3.72. The van der Waals surface area contributed by atoms with Crippen LogP contribution in [0.4, 0.5) is 0 Å². The number of benzene rings is 1. The maximum atomic E-state index is 3.72. The topological polar surface area (TPSA) is 6.48 Å². The van der Waals surface area contributed by atoms with E-state index in [4.69, 9.17) is 0 Å². The van der Waals surface area contributed by atoms with Gasteiger partial charge in [0.05, 0.1) is 0 Å². The summed E-state index contributed by atoms with van der Waals surface area (Å²) in [7, 11) is 0. The second-order valence-electron chi connectivity index (χ2n) is 7.37. The van der Waals surface area contributed by atoms with E-state index in [-0.39, 0.29) is 0 Å². The lowest BCUT2D eigenvalue weighted by Gasteiger charge is -2.43. The highest BCUT2D eigenvalue weighted by atomic mass is 15.3. The zero-order valence-corrected chi connectivity index (χ0v) is 15.6. The van der Waals surface area contributed by atoms with E-state index in [1.165, 1.54) is 44.5 Å². The van der Waals surface area contributed by atoms with Crippen molar-refractivity contribution in [2.24, 2.45) is 0 Å². The predicted octanol–water partition coefficient (Wildman–Crippen LogP) is 4.98. The van der Waals surface area contributed by atoms with Crippen LogP contribution in [0.15, 0.2) is 66.9 Å². The van der Waals surface area contributed by atoms with Crippen LogP contribution in [-0.4, -0.2) is 42.0 Å². The van der Waals surface area contributed by atoms with Gasteiger partial charge in [0.2, 0.25) is 0 Å². The molecule has 134 valence electrons. The average Bonchev–Trinajstić information content (AvgIpc) is 2.69. The van der Waals surface area contributed by atoms with E-state index in [0.717, 1.165) is 25.0 Å². The molecule has 1 saturated carbocycles. The normalized spacial score (nSPS) is 26.1. The Morgan fingerprint density at radius 3 is 2.28 bits per heavy atom. The van der Waals surface area contributed by atoms with Gasteiger partial charge in [0.1, 0.15) is 0 Å². The summed E-state index contributed by atoms with van der Waals surface area (Å²) in [5, 5.41) is 0. The highest BCUT2D eigenvalue weighted by molar-refractivity contribution is 5.20. The Morgan fingerprint density at radius 2 is 1.64 bits per heavy atom. The summed E-state index contributed by atoms with van der Waals surface area (Å²) in [6, 6.07) is 11.9. The van der Waals surface area contributed by atoms with Gasteiger partial charge in [-0.1, -0.05) is 55.1 Å². The van der Waals surface area contributed by atoms with Gasteiger partial charge in [-0.15, -0.1) is 0 Å². The molecule has 0 spiro atoms. The lowest BCUT2D eigenvalue weighted by atomic mass is 9.81. The van der Waals surface area contributed by atoms with Crippen LogP contribution >= 0.6 is 0 Å². The molecule has 0 N–H and O–H groups in total. The van der Waals surface area contributed by atoms with E-state index in [9.17, 15) is 0 Å². The Kier molecular flexibility index (Phi) is 6.52. The lowest BCUT2D eigenvalue weighted by Crippen LogP contribution is -2.50. The number of piperazine rings is 1. The molecule has 0 unspecified atom stereocenters. The smallest absolute Gasteiger partial charge is 0.0303 e. The van der Waals surface area contributed by atoms with Gasteiger partial charge in [0, 0.05) is 37.9 Å². The van der Waals surface area contributed by atoms with Gasteiger partial charge in [-0.25, -0.2) is 0 Å². The minimum Gasteiger partial charge on any atom is -0.372 e. The van der Waals surface area contributed by atoms with E-state index in [1.54, 1.807) is 5.56 Å². The first-order chi connectivity index (χ1) is 12.3. The van der Waals surface area contributed by atoms with Crippen LogP contribution < -0.4 is 0 Å². The summed E-state index contributed by atoms with van der Waals surface area (Å²) < 4.78 is 0. The number of rotatable bonds is 5. The maximum Gasteiger partial charge on any atom is 0.0303 e. The fourth-order valence-electron chi connectivity index (χ4n) is 4.32. The van der Waals surface area contributed by atoms with Gasteiger partial charge in [-0.05, 0) is 50.2 Å². The van der Waals surface area contributed by atoms with Crippen molar-refractivity contribution in [3.8, 4) is 0 Å². The second-order valence-corrected chi connectivity index (χ2v) is 7.37. The first-order valence-corrected chi connectivity index (χ1v) is 9.78. The molecule has 0 radical (unpaired) electrons. The zero-order valence-electron chi connectivity index (χ0n) is 15.6. The van der Waals surface area contributed by atoms with Gasteiger partial charge >= 0.3 is 0 Å². The van der Waals surface area contributed by atoms with Gasteiger partial charge in [-0.2, -0.15) is 0 Å². The molecule has 0 bridgehead atoms. The van der Waals surface area contributed by atoms with Crippen molar-refractivity contribution >= 4 is 0 Å². The molecule has 2 fully saturated rings. The summed E-state index contributed by atoms with van der Waals surface area (Å²) in [6.07, 6.45) is 13.5. The fourth-order valence-corrected chi connectivity index (χ4v) is 4.32. The summed E-state index contributed by atoms with van der Waals surface area (Å²) in [4.78, 5) is 5.25. The molecule has 1 heterocycles. The Bertz CT molecular complexity index is 586. The predicted molar refractivity (Wildman–Crippen MR) is 108 cm³/mol. The SMILES string of the molecule is C=C/C=C\C=C(/C)N1CCN(C2CCC(c3ccccc3)CC2)CC1. The minimum atomic E-state index is 0.778. The second kappa shape index (κ2) is 9.05. The summed E-state index contributed by atoms with van der Waals surface area (Å²) in [5.74, 6) is 0.778. The highest BCUT2D eigenvalue weighted by Gasteiger charge is 2.28. The zero-order chi connectivity index (χ0) is 17.5. The Balaban J connectivity index is 1.46. The van der Waals surface area contributed by atoms with Crippen LogP contribution in [-0.2, 0) is 0 Å². The first-order valence-electron chi connectivity index (χ1n) is 9.78. The average molecular weight is 337 g/mol. The fraction of sp³-hybridized carbons (Fsp3) is 0.478. The Hall–Kier alpha value is -1.80. The molecule has 2 heteroatoms. The van der Waals surface area contributed by atoms with Crippen molar-refractivity contribution in [3.05, 3.63) is 72.5 Å². The molecule has 2 aliphatic rings. The number of hydrogen-bond acceptors (Lipinski definition) is 2. The van der Waals surface area contributed by atoms with E-state index < -0.39 is 0 Å². The van der Waals surface area contributed by atoms with E-state index >= 15 is 0 Å². The van der Waals surface area contributed by atoms with Gasteiger partial charge in [-0.3, -0.25) is 4.90 Å². The quantitative estimate of drug-likeness (QED) is 0.700. The Morgan fingerprint density at radius 1 is 0.960 bits per heavy atom. The van der Waals surface area contributed by atoms with Crippen molar-refractivity contribution in [2.45, 2.75) is 44.6 Å². The molecule has 2 nitrogen and oxygen atoms in total. The molecule has 1 aliphatic heterocycles. The van der Waals surface area contributed by atoms with Crippen molar-refractivity contribution in [1.82, 2.24) is 9.80 Å². The van der Waals surface area contributed by atoms with Crippen molar-refractivity contribution < 1.29 is 0 Å². The molecule has 1 aromatic carbocycles. The molecule has 1 saturated heterocycles. The number of nitrogens with zero attached hydrogens (tertiary/aromatic N) is 2. The van der Waals surface area contributed by atoms with Crippen molar-refractivity contribution in [1.29, 1.82) is 0 Å². The molecule has 3 rings (SSSR count). The lowest BCUT2D eigenvalue weighted by molar-refractivity contribution is 0.0908. The van der Waals surface area contributed by atoms with E-state index in [1.807, 2.05) is 12.2 Å². The minimum absolute atomic E-state index is 0.778. The molecular formula is C23H32N2. The third-order valence-electron chi connectivity index (χ3n) is 5.88. The van der Waals surface area contributed by atoms with Crippen LogP contribution in [0.25, 0.3) is 0 Å². The molecule has 25 heavy (non-hydrogen) atoms. The first kappa shape index (κ1) is 18.0. The third-order valence-corrected chi connectivity index (χ3v) is 5.88. The van der Waals surface area contributed by atoms with Crippen LogP contribution in [0, 0.1) is 0 Å². The summed E-state index contributed by atoms with van der Waals surface area (Å²) >= 11 is 0. The summed E-state index contributed by atoms with van der Waals surface area (Å²) in [5.41, 5.74) is 2.91.